The maximum absolute atomic E-state index is 11.3. The van der Waals surface area contributed by atoms with Gasteiger partial charge in [-0.3, -0.25) is 0 Å². The Balaban J connectivity index is 3.12. The van der Waals surface area contributed by atoms with E-state index < -0.39 is 10.0 Å². The second-order valence-electron chi connectivity index (χ2n) is 2.11. The standard InChI is InChI=1S/C5H8N2O2S2/c1-7(2)11(8,9)5-3-10-4-6-5/h3-4H,1-2H3. The van der Waals surface area contributed by atoms with Gasteiger partial charge in [0.1, 0.15) is 0 Å². The molecule has 0 radical (unpaired) electrons. The van der Waals surface area contributed by atoms with Gasteiger partial charge in [0.25, 0.3) is 10.0 Å². The molecule has 0 fully saturated rings. The summed E-state index contributed by atoms with van der Waals surface area (Å²) in [6.45, 7) is 0. The van der Waals surface area contributed by atoms with Gasteiger partial charge >= 0.3 is 0 Å². The molecule has 11 heavy (non-hydrogen) atoms. The first-order valence-electron chi connectivity index (χ1n) is 2.86. The van der Waals surface area contributed by atoms with Crippen LogP contribution in [0.4, 0.5) is 0 Å². The summed E-state index contributed by atoms with van der Waals surface area (Å²) >= 11 is 1.27. The van der Waals surface area contributed by atoms with E-state index in [4.69, 9.17) is 0 Å². The Morgan fingerprint density at radius 1 is 1.55 bits per heavy atom. The second kappa shape index (κ2) is 2.88. The predicted molar refractivity (Wildman–Crippen MR) is 43.0 cm³/mol. The molecule has 62 valence electrons. The van der Waals surface area contributed by atoms with E-state index in [0.717, 1.165) is 4.31 Å². The zero-order chi connectivity index (χ0) is 8.48. The van der Waals surface area contributed by atoms with Crippen LogP contribution in [0.25, 0.3) is 0 Å². The molecule has 1 heterocycles. The number of aromatic nitrogens is 1. The summed E-state index contributed by atoms with van der Waals surface area (Å²) in [5, 5.41) is 1.63. The molecule has 0 N–H and O–H groups in total. The lowest BCUT2D eigenvalue weighted by Gasteiger charge is -2.07. The van der Waals surface area contributed by atoms with Crippen LogP contribution in [0.5, 0.6) is 0 Å². The molecule has 0 aliphatic carbocycles. The highest BCUT2D eigenvalue weighted by atomic mass is 32.2. The maximum atomic E-state index is 11.3. The minimum absolute atomic E-state index is 0.118. The van der Waals surface area contributed by atoms with Crippen molar-refractivity contribution in [2.75, 3.05) is 14.1 Å². The quantitative estimate of drug-likeness (QED) is 0.681. The smallest absolute Gasteiger partial charge is 0.232 e. The van der Waals surface area contributed by atoms with Crippen molar-refractivity contribution in [2.45, 2.75) is 5.03 Å². The lowest BCUT2D eigenvalue weighted by atomic mass is 11.0. The fraction of sp³-hybridized carbons (Fsp3) is 0.400. The van der Waals surface area contributed by atoms with E-state index in [0.29, 0.717) is 0 Å². The summed E-state index contributed by atoms with van der Waals surface area (Å²) in [7, 11) is -0.339. The third-order valence-corrected chi connectivity index (χ3v) is 3.60. The monoisotopic (exact) mass is 192 g/mol. The Hall–Kier alpha value is -0.460. The minimum Gasteiger partial charge on any atom is -0.232 e. The highest BCUT2D eigenvalue weighted by Gasteiger charge is 2.18. The first-order chi connectivity index (χ1) is 5.05. The number of sulfonamides is 1. The van der Waals surface area contributed by atoms with Gasteiger partial charge in [-0.1, -0.05) is 0 Å². The normalized spacial score (nSPS) is 12.3. The van der Waals surface area contributed by atoms with Gasteiger partial charge in [0.05, 0.1) is 5.51 Å². The molecule has 0 amide bonds. The largest absolute Gasteiger partial charge is 0.260 e. The fourth-order valence-corrected chi connectivity index (χ4v) is 2.21. The second-order valence-corrected chi connectivity index (χ2v) is 4.93. The van der Waals surface area contributed by atoms with Crippen LogP contribution in [0.15, 0.2) is 15.9 Å². The van der Waals surface area contributed by atoms with E-state index in [9.17, 15) is 8.42 Å². The molecule has 0 aliphatic rings. The number of hydrogen-bond acceptors (Lipinski definition) is 4. The molecule has 0 bridgehead atoms. The van der Waals surface area contributed by atoms with E-state index in [1.807, 2.05) is 0 Å². The van der Waals surface area contributed by atoms with Crippen molar-refractivity contribution in [3.63, 3.8) is 0 Å². The zero-order valence-electron chi connectivity index (χ0n) is 6.18. The van der Waals surface area contributed by atoms with E-state index in [2.05, 4.69) is 4.98 Å². The SMILES string of the molecule is CN(C)S(=O)(=O)c1cscn1. The molecule has 0 spiro atoms. The van der Waals surface area contributed by atoms with Crippen LogP contribution in [0.3, 0.4) is 0 Å². The van der Waals surface area contributed by atoms with E-state index in [1.165, 1.54) is 36.3 Å². The third-order valence-electron chi connectivity index (χ3n) is 1.15. The third kappa shape index (κ3) is 1.58. The van der Waals surface area contributed by atoms with E-state index in [1.54, 1.807) is 0 Å². The van der Waals surface area contributed by atoms with Crippen molar-refractivity contribution in [3.8, 4) is 0 Å². The Morgan fingerprint density at radius 2 is 2.18 bits per heavy atom. The van der Waals surface area contributed by atoms with Gasteiger partial charge in [-0.25, -0.2) is 17.7 Å². The van der Waals surface area contributed by atoms with Gasteiger partial charge < -0.3 is 0 Å². The summed E-state index contributed by atoms with van der Waals surface area (Å²) in [4.78, 5) is 3.70. The number of thiazole rings is 1. The summed E-state index contributed by atoms with van der Waals surface area (Å²) in [6, 6.07) is 0. The molecule has 6 heteroatoms. The van der Waals surface area contributed by atoms with Crippen LogP contribution in [-0.2, 0) is 10.0 Å². The zero-order valence-corrected chi connectivity index (χ0v) is 7.82. The van der Waals surface area contributed by atoms with Gasteiger partial charge in [0.2, 0.25) is 0 Å². The van der Waals surface area contributed by atoms with Crippen molar-refractivity contribution in [1.82, 2.24) is 9.29 Å². The molecular formula is C5H8N2O2S2. The van der Waals surface area contributed by atoms with Gasteiger partial charge in [-0.2, -0.15) is 0 Å². The highest BCUT2D eigenvalue weighted by Crippen LogP contribution is 2.11. The van der Waals surface area contributed by atoms with Crippen molar-refractivity contribution < 1.29 is 8.42 Å². The number of rotatable bonds is 2. The first-order valence-corrected chi connectivity index (χ1v) is 5.24. The van der Waals surface area contributed by atoms with Gasteiger partial charge in [0.15, 0.2) is 5.03 Å². The van der Waals surface area contributed by atoms with Crippen LogP contribution in [0.2, 0.25) is 0 Å². The van der Waals surface area contributed by atoms with Crippen molar-refractivity contribution >= 4 is 21.4 Å². The van der Waals surface area contributed by atoms with Gasteiger partial charge in [-0.15, -0.1) is 11.3 Å². The van der Waals surface area contributed by atoms with Crippen LogP contribution >= 0.6 is 11.3 Å². The molecule has 0 saturated heterocycles. The number of hydrogen-bond donors (Lipinski definition) is 0. The van der Waals surface area contributed by atoms with Crippen LogP contribution in [-0.4, -0.2) is 31.8 Å². The Labute approximate surface area is 69.5 Å². The van der Waals surface area contributed by atoms with Gasteiger partial charge in [0, 0.05) is 19.5 Å². The fourth-order valence-electron chi connectivity index (χ4n) is 0.516. The first kappa shape index (κ1) is 8.63. The molecular weight excluding hydrogens is 184 g/mol. The molecule has 1 aromatic rings. The molecule has 0 atom stereocenters. The van der Waals surface area contributed by atoms with Crippen molar-refractivity contribution in [1.29, 1.82) is 0 Å². The Bertz CT molecular complexity index is 314. The molecule has 0 saturated carbocycles. The summed E-state index contributed by atoms with van der Waals surface area (Å²) in [5.74, 6) is 0. The van der Waals surface area contributed by atoms with E-state index in [-0.39, 0.29) is 5.03 Å². The summed E-state index contributed by atoms with van der Waals surface area (Å²) in [5.41, 5.74) is 1.50. The van der Waals surface area contributed by atoms with Crippen LogP contribution in [0.1, 0.15) is 0 Å². The summed E-state index contributed by atoms with van der Waals surface area (Å²) in [6.07, 6.45) is 0. The lowest BCUT2D eigenvalue weighted by Crippen LogP contribution is -2.22. The topological polar surface area (TPSA) is 50.3 Å². The molecule has 0 aromatic carbocycles. The number of nitrogens with zero attached hydrogens (tertiary/aromatic N) is 2. The lowest BCUT2D eigenvalue weighted by molar-refractivity contribution is 0.517. The Kier molecular flexibility index (Phi) is 2.26. The summed E-state index contributed by atoms with van der Waals surface area (Å²) < 4.78 is 23.7. The van der Waals surface area contributed by atoms with Crippen molar-refractivity contribution in [3.05, 3.63) is 10.9 Å². The predicted octanol–water partition coefficient (Wildman–Crippen LogP) is 0.393. The molecule has 0 unspecified atom stereocenters. The average molecular weight is 192 g/mol. The average Bonchev–Trinajstić information content (AvgIpc) is 2.37. The highest BCUT2D eigenvalue weighted by molar-refractivity contribution is 7.89. The van der Waals surface area contributed by atoms with Crippen molar-refractivity contribution in [2.24, 2.45) is 0 Å². The molecule has 1 aromatic heterocycles. The molecule has 1 rings (SSSR count). The van der Waals surface area contributed by atoms with Crippen LogP contribution in [0, 0.1) is 0 Å². The molecule has 0 aliphatic heterocycles. The Morgan fingerprint density at radius 3 is 2.55 bits per heavy atom. The molecule has 4 nitrogen and oxygen atoms in total. The van der Waals surface area contributed by atoms with E-state index >= 15 is 0 Å². The maximum Gasteiger partial charge on any atom is 0.260 e. The van der Waals surface area contributed by atoms with Gasteiger partial charge in [-0.05, 0) is 0 Å². The minimum atomic E-state index is -3.30. The van der Waals surface area contributed by atoms with Crippen LogP contribution < -0.4 is 0 Å².